The van der Waals surface area contributed by atoms with Gasteiger partial charge in [0, 0.05) is 12.5 Å². The summed E-state index contributed by atoms with van der Waals surface area (Å²) in [6.45, 7) is 1.92. The zero-order valence-corrected chi connectivity index (χ0v) is 5.63. The lowest BCUT2D eigenvalue weighted by atomic mass is 10.0. The van der Waals surface area contributed by atoms with Gasteiger partial charge in [-0.25, -0.2) is 0 Å². The first-order chi connectivity index (χ1) is 4.22. The summed E-state index contributed by atoms with van der Waals surface area (Å²) in [5, 5.41) is 8.41. The van der Waals surface area contributed by atoms with Crippen LogP contribution in [0.25, 0.3) is 0 Å². The first-order valence-electron chi connectivity index (χ1n) is 3.12. The molecular weight excluding hydrogens is 118 g/mol. The third kappa shape index (κ3) is 3.08. The number of nitrogens with two attached hydrogens (primary N) is 1. The predicted molar refractivity (Wildman–Crippen MR) is 34.7 cm³/mol. The molecule has 54 valence electrons. The maximum Gasteiger partial charge on any atom is 0.220 e. The second kappa shape index (κ2) is 4.32. The van der Waals surface area contributed by atoms with E-state index in [-0.39, 0.29) is 18.4 Å². The molecule has 3 N–H and O–H groups in total. The first kappa shape index (κ1) is 8.43. The molecule has 0 aliphatic carbocycles. The van der Waals surface area contributed by atoms with Crippen LogP contribution in [0.2, 0.25) is 0 Å². The highest BCUT2D eigenvalue weighted by atomic mass is 16.3. The van der Waals surface area contributed by atoms with Gasteiger partial charge in [0.05, 0.1) is 0 Å². The van der Waals surface area contributed by atoms with Crippen LogP contribution in [0.3, 0.4) is 0 Å². The van der Waals surface area contributed by atoms with Crippen molar-refractivity contribution in [1.82, 2.24) is 0 Å². The third-order valence-electron chi connectivity index (χ3n) is 1.37. The Morgan fingerprint density at radius 2 is 2.33 bits per heavy atom. The van der Waals surface area contributed by atoms with Gasteiger partial charge in [-0.3, -0.25) is 4.79 Å². The molecule has 0 aliphatic rings. The van der Waals surface area contributed by atoms with Crippen molar-refractivity contribution in [2.75, 3.05) is 6.61 Å². The maximum absolute atomic E-state index is 10.4. The molecule has 0 aromatic carbocycles. The van der Waals surface area contributed by atoms with Crippen LogP contribution in [-0.4, -0.2) is 17.6 Å². The normalized spacial score (nSPS) is 13.1. The van der Waals surface area contributed by atoms with E-state index in [1.807, 2.05) is 6.92 Å². The van der Waals surface area contributed by atoms with Crippen LogP contribution in [0.1, 0.15) is 19.8 Å². The Labute approximate surface area is 54.9 Å². The molecule has 0 aromatic rings. The van der Waals surface area contributed by atoms with Gasteiger partial charge in [-0.1, -0.05) is 6.92 Å². The quantitative estimate of drug-likeness (QED) is 0.558. The molecule has 1 unspecified atom stereocenters. The van der Waals surface area contributed by atoms with E-state index in [0.29, 0.717) is 6.42 Å². The minimum Gasteiger partial charge on any atom is -0.396 e. The van der Waals surface area contributed by atoms with Gasteiger partial charge in [0.2, 0.25) is 5.91 Å². The highest BCUT2D eigenvalue weighted by Crippen LogP contribution is 2.04. The van der Waals surface area contributed by atoms with Gasteiger partial charge in [-0.15, -0.1) is 0 Å². The average Bonchev–Trinajstić information content (AvgIpc) is 1.82. The van der Waals surface area contributed by atoms with E-state index >= 15 is 0 Å². The molecule has 1 amide bonds. The third-order valence-corrected chi connectivity index (χ3v) is 1.37. The largest absolute Gasteiger partial charge is 0.396 e. The molecule has 0 heterocycles. The second-order valence-electron chi connectivity index (χ2n) is 2.02. The number of aliphatic hydroxyl groups is 1. The molecule has 0 fully saturated rings. The average molecular weight is 131 g/mol. The molecule has 0 radical (unpaired) electrons. The van der Waals surface area contributed by atoms with Crippen LogP contribution >= 0.6 is 0 Å². The second-order valence-corrected chi connectivity index (χ2v) is 2.02. The molecule has 0 saturated heterocycles. The van der Waals surface area contributed by atoms with Gasteiger partial charge in [0.15, 0.2) is 0 Å². The maximum atomic E-state index is 10.4. The van der Waals surface area contributed by atoms with Crippen molar-refractivity contribution in [3.8, 4) is 0 Å². The van der Waals surface area contributed by atoms with E-state index in [9.17, 15) is 4.79 Å². The Hall–Kier alpha value is -0.570. The van der Waals surface area contributed by atoms with Crippen molar-refractivity contribution in [1.29, 1.82) is 0 Å². The lowest BCUT2D eigenvalue weighted by Gasteiger charge is -2.06. The molecule has 0 aliphatic heterocycles. The van der Waals surface area contributed by atoms with Gasteiger partial charge in [-0.05, 0) is 12.8 Å². The Morgan fingerprint density at radius 3 is 2.44 bits per heavy atom. The van der Waals surface area contributed by atoms with Gasteiger partial charge in [0.25, 0.3) is 0 Å². The number of hydrogen-bond acceptors (Lipinski definition) is 2. The SMILES string of the molecule is CCC(CCO)C(N)=O. The Morgan fingerprint density at radius 1 is 1.78 bits per heavy atom. The minimum atomic E-state index is -0.313. The van der Waals surface area contributed by atoms with E-state index in [2.05, 4.69) is 0 Å². The Bertz CT molecular complexity index is 93.1. The van der Waals surface area contributed by atoms with E-state index in [4.69, 9.17) is 10.8 Å². The van der Waals surface area contributed by atoms with E-state index in [1.54, 1.807) is 0 Å². The van der Waals surface area contributed by atoms with Crippen molar-refractivity contribution in [2.45, 2.75) is 19.8 Å². The number of hydrogen-bond donors (Lipinski definition) is 2. The van der Waals surface area contributed by atoms with Crippen molar-refractivity contribution >= 4 is 5.91 Å². The summed E-state index contributed by atoms with van der Waals surface area (Å²) in [7, 11) is 0. The monoisotopic (exact) mass is 131 g/mol. The van der Waals surface area contributed by atoms with Crippen LogP contribution in [0.5, 0.6) is 0 Å². The van der Waals surface area contributed by atoms with Crippen LogP contribution < -0.4 is 5.73 Å². The molecule has 3 heteroatoms. The van der Waals surface area contributed by atoms with Gasteiger partial charge < -0.3 is 10.8 Å². The predicted octanol–water partition coefficient (Wildman–Crippen LogP) is -0.120. The molecular formula is C6H13NO2. The van der Waals surface area contributed by atoms with Crippen LogP contribution in [0.4, 0.5) is 0 Å². The summed E-state index contributed by atoms with van der Waals surface area (Å²) in [5.41, 5.74) is 4.98. The van der Waals surface area contributed by atoms with E-state index < -0.39 is 0 Å². The van der Waals surface area contributed by atoms with Crippen molar-refractivity contribution in [3.05, 3.63) is 0 Å². The molecule has 0 rings (SSSR count). The number of aliphatic hydroxyl groups excluding tert-OH is 1. The molecule has 3 nitrogen and oxygen atoms in total. The number of carbonyl (C=O) groups excluding carboxylic acids is 1. The number of amides is 1. The number of carbonyl (C=O) groups is 1. The summed E-state index contributed by atoms with van der Waals surface area (Å²) in [5.74, 6) is -0.457. The molecule has 0 bridgehead atoms. The molecule has 0 saturated carbocycles. The van der Waals surface area contributed by atoms with Gasteiger partial charge in [-0.2, -0.15) is 0 Å². The summed E-state index contributed by atoms with van der Waals surface area (Å²) in [6, 6.07) is 0. The standard InChI is InChI=1S/C6H13NO2/c1-2-5(3-4-8)6(7)9/h5,8H,2-4H2,1H3,(H2,7,9). The van der Waals surface area contributed by atoms with Gasteiger partial charge >= 0.3 is 0 Å². The molecule has 0 spiro atoms. The van der Waals surface area contributed by atoms with E-state index in [1.165, 1.54) is 0 Å². The van der Waals surface area contributed by atoms with Crippen LogP contribution in [-0.2, 0) is 4.79 Å². The van der Waals surface area contributed by atoms with Gasteiger partial charge in [0.1, 0.15) is 0 Å². The fourth-order valence-electron chi connectivity index (χ4n) is 0.703. The van der Waals surface area contributed by atoms with Crippen LogP contribution in [0.15, 0.2) is 0 Å². The topological polar surface area (TPSA) is 63.3 Å². The summed E-state index contributed by atoms with van der Waals surface area (Å²) in [6.07, 6.45) is 1.21. The first-order valence-corrected chi connectivity index (χ1v) is 3.12. The van der Waals surface area contributed by atoms with Crippen molar-refractivity contribution in [3.63, 3.8) is 0 Å². The Kier molecular flexibility index (Phi) is 4.05. The zero-order chi connectivity index (χ0) is 7.28. The zero-order valence-electron chi connectivity index (χ0n) is 5.63. The highest BCUT2D eigenvalue weighted by Gasteiger charge is 2.10. The lowest BCUT2D eigenvalue weighted by molar-refractivity contribution is -0.122. The molecule has 1 atom stereocenters. The summed E-state index contributed by atoms with van der Waals surface area (Å²) in [4.78, 5) is 10.4. The fraction of sp³-hybridized carbons (Fsp3) is 0.833. The summed E-state index contributed by atoms with van der Waals surface area (Å²) >= 11 is 0. The Balaban J connectivity index is 3.54. The highest BCUT2D eigenvalue weighted by molar-refractivity contribution is 5.76. The molecule has 9 heavy (non-hydrogen) atoms. The van der Waals surface area contributed by atoms with Crippen molar-refractivity contribution < 1.29 is 9.90 Å². The minimum absolute atomic E-state index is 0.0431. The summed E-state index contributed by atoms with van der Waals surface area (Å²) < 4.78 is 0. The number of primary amides is 1. The fourth-order valence-corrected chi connectivity index (χ4v) is 0.703. The van der Waals surface area contributed by atoms with E-state index in [0.717, 1.165) is 6.42 Å². The van der Waals surface area contributed by atoms with Crippen LogP contribution in [0, 0.1) is 5.92 Å². The molecule has 0 aromatic heterocycles. The smallest absolute Gasteiger partial charge is 0.220 e. The van der Waals surface area contributed by atoms with Crippen molar-refractivity contribution in [2.24, 2.45) is 11.7 Å². The lowest BCUT2D eigenvalue weighted by Crippen LogP contribution is -2.23. The number of rotatable bonds is 4.